The number of rotatable bonds is 4. The number of likely N-dealkylation sites (N-methyl/N-ethyl adjacent to an activating group) is 1. The third-order valence-corrected chi connectivity index (χ3v) is 3.28. The van der Waals surface area contributed by atoms with Gasteiger partial charge in [0.2, 0.25) is 11.3 Å². The summed E-state index contributed by atoms with van der Waals surface area (Å²) in [6.07, 6.45) is 2.52. The van der Waals surface area contributed by atoms with E-state index in [1.807, 2.05) is 0 Å². The quantitative estimate of drug-likeness (QED) is 0.925. The zero-order valence-electron chi connectivity index (χ0n) is 12.6. The first-order chi connectivity index (χ1) is 10.8. The number of pyridine rings is 1. The molecular formula is C16H15FN2O4. The van der Waals surface area contributed by atoms with Crippen molar-refractivity contribution < 1.29 is 19.1 Å². The average molecular weight is 318 g/mol. The maximum atomic E-state index is 13.0. The molecule has 0 unspecified atom stereocenters. The van der Waals surface area contributed by atoms with Crippen LogP contribution in [0.15, 0.2) is 41.5 Å². The first-order valence-corrected chi connectivity index (χ1v) is 6.73. The second-order valence-electron chi connectivity index (χ2n) is 5.19. The third-order valence-electron chi connectivity index (χ3n) is 3.28. The summed E-state index contributed by atoms with van der Waals surface area (Å²) in [5, 5.41) is 9.18. The number of carbonyl (C=O) groups excluding carboxylic acids is 1. The number of carboxylic acids is 1. The molecule has 23 heavy (non-hydrogen) atoms. The summed E-state index contributed by atoms with van der Waals surface area (Å²) in [6, 6.07) is 5.13. The number of aromatic nitrogens is 1. The van der Waals surface area contributed by atoms with Crippen molar-refractivity contribution in [3.05, 3.63) is 58.3 Å². The smallest absolute Gasteiger partial charge is 0.341 e. The molecule has 1 heterocycles. The van der Waals surface area contributed by atoms with Gasteiger partial charge in [-0.25, -0.2) is 9.18 Å². The molecule has 0 spiro atoms. The normalized spacial score (nSPS) is 10.4. The van der Waals surface area contributed by atoms with Crippen molar-refractivity contribution >= 4 is 11.9 Å². The Bertz CT molecular complexity index is 810. The second-order valence-corrected chi connectivity index (χ2v) is 5.19. The van der Waals surface area contributed by atoms with Gasteiger partial charge >= 0.3 is 5.97 Å². The van der Waals surface area contributed by atoms with Gasteiger partial charge in [0.1, 0.15) is 17.9 Å². The molecule has 0 saturated carbocycles. The highest BCUT2D eigenvalue weighted by Crippen LogP contribution is 2.17. The lowest BCUT2D eigenvalue weighted by molar-refractivity contribution is -0.129. The first-order valence-electron chi connectivity index (χ1n) is 6.73. The maximum Gasteiger partial charge on any atom is 0.341 e. The van der Waals surface area contributed by atoms with Crippen molar-refractivity contribution in [2.45, 2.75) is 6.54 Å². The molecular weight excluding hydrogens is 303 g/mol. The number of aromatic carboxylic acids is 1. The van der Waals surface area contributed by atoms with Gasteiger partial charge in [-0.1, -0.05) is 12.1 Å². The molecule has 0 aliphatic heterocycles. The van der Waals surface area contributed by atoms with Crippen LogP contribution in [0.25, 0.3) is 11.1 Å². The highest BCUT2D eigenvalue weighted by atomic mass is 19.1. The van der Waals surface area contributed by atoms with Crippen LogP contribution in [-0.4, -0.2) is 40.5 Å². The fraction of sp³-hybridized carbons (Fsp3) is 0.188. The van der Waals surface area contributed by atoms with Crippen molar-refractivity contribution in [2.75, 3.05) is 14.1 Å². The van der Waals surface area contributed by atoms with Gasteiger partial charge in [-0.3, -0.25) is 9.59 Å². The molecule has 0 aliphatic carbocycles. The first kappa shape index (κ1) is 16.4. The number of amides is 1. The lowest BCUT2D eigenvalue weighted by Crippen LogP contribution is -2.28. The van der Waals surface area contributed by atoms with Crippen LogP contribution in [-0.2, 0) is 11.3 Å². The molecule has 7 heteroatoms. The van der Waals surface area contributed by atoms with E-state index < -0.39 is 22.8 Å². The Kier molecular flexibility index (Phi) is 4.59. The molecule has 0 fully saturated rings. The van der Waals surface area contributed by atoms with Crippen molar-refractivity contribution in [2.24, 2.45) is 0 Å². The number of carboxylic acid groups (broad SMARTS) is 1. The fourth-order valence-electron chi connectivity index (χ4n) is 2.01. The SMILES string of the molecule is CN(C)C(=O)Cn1cc(C(=O)O)c(=O)c(-c2ccc(F)cc2)c1. The maximum absolute atomic E-state index is 13.0. The van der Waals surface area contributed by atoms with Gasteiger partial charge in [0, 0.05) is 32.1 Å². The molecule has 6 nitrogen and oxygen atoms in total. The summed E-state index contributed by atoms with van der Waals surface area (Å²) in [4.78, 5) is 36.7. The van der Waals surface area contributed by atoms with Gasteiger partial charge in [-0.15, -0.1) is 0 Å². The van der Waals surface area contributed by atoms with Gasteiger partial charge in [0.25, 0.3) is 0 Å². The van der Waals surface area contributed by atoms with E-state index in [0.29, 0.717) is 5.56 Å². The summed E-state index contributed by atoms with van der Waals surface area (Å²) in [5.74, 6) is -2.11. The highest BCUT2D eigenvalue weighted by Gasteiger charge is 2.16. The average Bonchev–Trinajstić information content (AvgIpc) is 2.49. The minimum Gasteiger partial charge on any atom is -0.477 e. The topological polar surface area (TPSA) is 79.6 Å². The summed E-state index contributed by atoms with van der Waals surface area (Å²) >= 11 is 0. The Morgan fingerprint density at radius 1 is 1.17 bits per heavy atom. The Morgan fingerprint density at radius 2 is 1.78 bits per heavy atom. The van der Waals surface area contributed by atoms with Gasteiger partial charge in [0.05, 0.1) is 0 Å². The Morgan fingerprint density at radius 3 is 2.30 bits per heavy atom. The Balaban J connectivity index is 2.58. The molecule has 2 rings (SSSR count). The van der Waals surface area contributed by atoms with Crippen LogP contribution in [0.2, 0.25) is 0 Å². The summed E-state index contributed by atoms with van der Waals surface area (Å²) in [7, 11) is 3.15. The van der Waals surface area contributed by atoms with Crippen molar-refractivity contribution in [1.82, 2.24) is 9.47 Å². The molecule has 0 atom stereocenters. The fourth-order valence-corrected chi connectivity index (χ4v) is 2.01. The van der Waals surface area contributed by atoms with Crippen LogP contribution in [0.4, 0.5) is 4.39 Å². The van der Waals surface area contributed by atoms with Crippen molar-refractivity contribution in [3.63, 3.8) is 0 Å². The Labute approximate surface area is 131 Å². The standard InChI is InChI=1S/C16H15FN2O4/c1-18(2)14(20)9-19-7-12(10-3-5-11(17)6-4-10)15(21)13(8-19)16(22)23/h3-8H,9H2,1-2H3,(H,22,23). The molecule has 0 radical (unpaired) electrons. The number of hydrogen-bond acceptors (Lipinski definition) is 3. The van der Waals surface area contributed by atoms with Crippen molar-refractivity contribution in [1.29, 1.82) is 0 Å². The second kappa shape index (κ2) is 6.43. The molecule has 1 amide bonds. The van der Waals surface area contributed by atoms with E-state index in [-0.39, 0.29) is 18.0 Å². The van der Waals surface area contributed by atoms with Crippen LogP contribution in [0.3, 0.4) is 0 Å². The lowest BCUT2D eigenvalue weighted by Gasteiger charge is -2.14. The number of carbonyl (C=O) groups is 2. The largest absolute Gasteiger partial charge is 0.477 e. The lowest BCUT2D eigenvalue weighted by atomic mass is 10.0. The summed E-state index contributed by atoms with van der Waals surface area (Å²) in [5.41, 5.74) is -0.655. The molecule has 120 valence electrons. The van der Waals surface area contributed by atoms with E-state index in [0.717, 1.165) is 6.20 Å². The summed E-state index contributed by atoms with van der Waals surface area (Å²) < 4.78 is 14.4. The van der Waals surface area contributed by atoms with E-state index in [2.05, 4.69) is 0 Å². The van der Waals surface area contributed by atoms with E-state index in [9.17, 15) is 23.9 Å². The molecule has 0 saturated heterocycles. The molecule has 1 aromatic carbocycles. The van der Waals surface area contributed by atoms with E-state index in [4.69, 9.17) is 0 Å². The Hall–Kier alpha value is -2.96. The van der Waals surface area contributed by atoms with Crippen LogP contribution in [0.1, 0.15) is 10.4 Å². The van der Waals surface area contributed by atoms with E-state index in [1.54, 1.807) is 14.1 Å². The van der Waals surface area contributed by atoms with Gasteiger partial charge < -0.3 is 14.6 Å². The van der Waals surface area contributed by atoms with E-state index in [1.165, 1.54) is 39.9 Å². The van der Waals surface area contributed by atoms with Gasteiger partial charge in [0.15, 0.2) is 0 Å². The third kappa shape index (κ3) is 3.63. The minimum atomic E-state index is -1.38. The van der Waals surface area contributed by atoms with Crippen LogP contribution < -0.4 is 5.43 Å². The van der Waals surface area contributed by atoms with Crippen molar-refractivity contribution in [3.8, 4) is 11.1 Å². The minimum absolute atomic E-state index is 0.0939. The van der Waals surface area contributed by atoms with Crippen LogP contribution >= 0.6 is 0 Å². The van der Waals surface area contributed by atoms with Gasteiger partial charge in [-0.2, -0.15) is 0 Å². The molecule has 2 aromatic rings. The van der Waals surface area contributed by atoms with Gasteiger partial charge in [-0.05, 0) is 17.7 Å². The zero-order chi connectivity index (χ0) is 17.1. The highest BCUT2D eigenvalue weighted by molar-refractivity contribution is 5.89. The number of nitrogens with zero attached hydrogens (tertiary/aromatic N) is 2. The molecule has 1 aromatic heterocycles. The molecule has 0 bridgehead atoms. The predicted molar refractivity (Wildman–Crippen MR) is 81.7 cm³/mol. The summed E-state index contributed by atoms with van der Waals surface area (Å²) in [6.45, 7) is -0.109. The molecule has 0 aliphatic rings. The zero-order valence-corrected chi connectivity index (χ0v) is 12.6. The monoisotopic (exact) mass is 318 g/mol. The number of benzene rings is 1. The van der Waals surface area contributed by atoms with E-state index >= 15 is 0 Å². The van der Waals surface area contributed by atoms with Crippen LogP contribution in [0.5, 0.6) is 0 Å². The number of hydrogen-bond donors (Lipinski definition) is 1. The van der Waals surface area contributed by atoms with Crippen LogP contribution in [0, 0.1) is 5.82 Å². The number of halogens is 1. The molecule has 1 N–H and O–H groups in total. The predicted octanol–water partition coefficient (Wildman–Crippen LogP) is 1.44.